The van der Waals surface area contributed by atoms with Gasteiger partial charge in [-0.1, -0.05) is 12.1 Å². The van der Waals surface area contributed by atoms with Gasteiger partial charge in [-0.05, 0) is 65.3 Å². The minimum absolute atomic E-state index is 0.0283. The molecule has 2 N–H and O–H groups in total. The molecule has 0 aromatic heterocycles. The van der Waals surface area contributed by atoms with E-state index >= 15 is 0 Å². The Bertz CT molecular complexity index is 725. The van der Waals surface area contributed by atoms with Crippen LogP contribution in [0.25, 0.3) is 0 Å². The Labute approximate surface area is 180 Å². The van der Waals surface area contributed by atoms with E-state index in [4.69, 9.17) is 0 Å². The fourth-order valence-electron chi connectivity index (χ4n) is 4.21. The Morgan fingerprint density at radius 3 is 2.07 bits per heavy atom. The summed E-state index contributed by atoms with van der Waals surface area (Å²) in [6, 6.07) is 8.08. The Morgan fingerprint density at radius 1 is 0.833 bits per heavy atom. The first kappa shape index (κ1) is 22.6. The standard InChI is InChI=1S/C23H37N5O2/c1-23(2,3)25-22(30)18-27-12-8-11-26(15-16-27)17-21(29)24-19-9-4-5-10-20(19)28-13-6-7-14-28/h4-5,9-10H,6-8,11-18H2,1-3H3,(H,24,29)(H,25,30). The van der Waals surface area contributed by atoms with Crippen molar-refractivity contribution < 1.29 is 9.59 Å². The van der Waals surface area contributed by atoms with Crippen LogP contribution >= 0.6 is 0 Å². The average molecular weight is 416 g/mol. The van der Waals surface area contributed by atoms with Crippen molar-refractivity contribution in [3.8, 4) is 0 Å². The number of nitrogens with one attached hydrogen (secondary N) is 2. The number of hydrogen-bond donors (Lipinski definition) is 2. The highest BCUT2D eigenvalue weighted by Gasteiger charge is 2.22. The molecule has 2 aliphatic heterocycles. The summed E-state index contributed by atoms with van der Waals surface area (Å²) in [5, 5.41) is 6.15. The molecule has 0 atom stereocenters. The largest absolute Gasteiger partial charge is 0.370 e. The molecule has 0 aliphatic carbocycles. The molecule has 3 rings (SSSR count). The molecule has 2 heterocycles. The number of carbonyl (C=O) groups is 2. The van der Waals surface area contributed by atoms with Gasteiger partial charge in [0.1, 0.15) is 0 Å². The highest BCUT2D eigenvalue weighted by molar-refractivity contribution is 5.95. The number of anilines is 2. The van der Waals surface area contributed by atoms with E-state index in [1.54, 1.807) is 0 Å². The molecule has 30 heavy (non-hydrogen) atoms. The Morgan fingerprint density at radius 2 is 1.43 bits per heavy atom. The second kappa shape index (κ2) is 10.3. The summed E-state index contributed by atoms with van der Waals surface area (Å²) in [6.07, 6.45) is 3.38. The topological polar surface area (TPSA) is 67.9 Å². The summed E-state index contributed by atoms with van der Waals surface area (Å²) >= 11 is 0. The second-order valence-corrected chi connectivity index (χ2v) is 9.46. The lowest BCUT2D eigenvalue weighted by Gasteiger charge is -2.25. The Kier molecular flexibility index (Phi) is 7.72. The molecule has 7 heteroatoms. The van der Waals surface area contributed by atoms with Gasteiger partial charge in [0, 0.05) is 31.7 Å². The van der Waals surface area contributed by atoms with Gasteiger partial charge in [0.2, 0.25) is 11.8 Å². The van der Waals surface area contributed by atoms with Crippen molar-refractivity contribution in [1.29, 1.82) is 0 Å². The van der Waals surface area contributed by atoms with Crippen molar-refractivity contribution in [2.24, 2.45) is 0 Å². The molecule has 0 saturated carbocycles. The van der Waals surface area contributed by atoms with E-state index in [2.05, 4.69) is 31.4 Å². The number of para-hydroxylation sites is 2. The van der Waals surface area contributed by atoms with Crippen molar-refractivity contribution in [3.05, 3.63) is 24.3 Å². The third kappa shape index (κ3) is 6.99. The molecule has 1 aromatic carbocycles. The molecule has 0 radical (unpaired) electrons. The Balaban J connectivity index is 1.48. The lowest BCUT2D eigenvalue weighted by atomic mass is 10.1. The van der Waals surface area contributed by atoms with Gasteiger partial charge in [0.15, 0.2) is 0 Å². The summed E-state index contributed by atoms with van der Waals surface area (Å²) in [4.78, 5) is 31.7. The highest BCUT2D eigenvalue weighted by atomic mass is 16.2. The molecule has 0 bridgehead atoms. The van der Waals surface area contributed by atoms with E-state index in [0.29, 0.717) is 13.1 Å². The van der Waals surface area contributed by atoms with Crippen LogP contribution in [0.3, 0.4) is 0 Å². The van der Waals surface area contributed by atoms with Crippen LogP contribution < -0.4 is 15.5 Å². The number of carbonyl (C=O) groups excluding carboxylic acids is 2. The van der Waals surface area contributed by atoms with E-state index < -0.39 is 0 Å². The average Bonchev–Trinajstić information content (AvgIpc) is 3.10. The maximum absolute atomic E-state index is 12.7. The summed E-state index contributed by atoms with van der Waals surface area (Å²) < 4.78 is 0. The van der Waals surface area contributed by atoms with Gasteiger partial charge in [0.05, 0.1) is 24.5 Å². The number of rotatable bonds is 6. The van der Waals surface area contributed by atoms with E-state index in [9.17, 15) is 9.59 Å². The number of amides is 2. The van der Waals surface area contributed by atoms with Crippen LogP contribution in [0.2, 0.25) is 0 Å². The minimum atomic E-state index is -0.210. The summed E-state index contributed by atoms with van der Waals surface area (Å²) in [5.41, 5.74) is 1.81. The van der Waals surface area contributed by atoms with E-state index in [1.807, 2.05) is 39.0 Å². The van der Waals surface area contributed by atoms with Crippen LogP contribution in [0, 0.1) is 0 Å². The van der Waals surface area contributed by atoms with Crippen molar-refractivity contribution >= 4 is 23.2 Å². The molecule has 0 spiro atoms. The van der Waals surface area contributed by atoms with Crippen LogP contribution in [-0.2, 0) is 9.59 Å². The number of nitrogens with zero attached hydrogens (tertiary/aromatic N) is 3. The first-order chi connectivity index (χ1) is 14.3. The monoisotopic (exact) mass is 415 g/mol. The molecule has 166 valence electrons. The van der Waals surface area contributed by atoms with Gasteiger partial charge >= 0.3 is 0 Å². The fourth-order valence-corrected chi connectivity index (χ4v) is 4.21. The van der Waals surface area contributed by atoms with Gasteiger partial charge in [-0.15, -0.1) is 0 Å². The molecule has 1 aromatic rings. The lowest BCUT2D eigenvalue weighted by molar-refractivity contribution is -0.123. The predicted molar refractivity (Wildman–Crippen MR) is 122 cm³/mol. The molecule has 7 nitrogen and oxygen atoms in total. The van der Waals surface area contributed by atoms with Gasteiger partial charge < -0.3 is 15.5 Å². The molecule has 2 amide bonds. The quantitative estimate of drug-likeness (QED) is 0.745. The smallest absolute Gasteiger partial charge is 0.238 e. The fraction of sp³-hybridized carbons (Fsp3) is 0.652. The summed E-state index contributed by atoms with van der Waals surface area (Å²) in [5.74, 6) is 0.0905. The van der Waals surface area contributed by atoms with Gasteiger partial charge in [0.25, 0.3) is 0 Å². The number of hydrogen-bond acceptors (Lipinski definition) is 5. The zero-order chi connectivity index (χ0) is 21.6. The first-order valence-corrected chi connectivity index (χ1v) is 11.2. The van der Waals surface area contributed by atoms with Crippen LogP contribution in [-0.4, -0.2) is 79.5 Å². The van der Waals surface area contributed by atoms with Crippen molar-refractivity contribution in [2.75, 3.05) is 62.6 Å². The third-order valence-corrected chi connectivity index (χ3v) is 5.55. The van der Waals surface area contributed by atoms with Crippen molar-refractivity contribution in [2.45, 2.75) is 45.6 Å². The van der Waals surface area contributed by atoms with Crippen molar-refractivity contribution in [3.63, 3.8) is 0 Å². The normalized spacial score (nSPS) is 18.8. The van der Waals surface area contributed by atoms with Gasteiger partial charge in [-0.25, -0.2) is 0 Å². The minimum Gasteiger partial charge on any atom is -0.370 e. The van der Waals surface area contributed by atoms with Crippen LogP contribution in [0.15, 0.2) is 24.3 Å². The second-order valence-electron chi connectivity index (χ2n) is 9.46. The first-order valence-electron chi connectivity index (χ1n) is 11.2. The molecule has 0 unspecified atom stereocenters. The zero-order valence-electron chi connectivity index (χ0n) is 18.7. The van der Waals surface area contributed by atoms with Crippen molar-refractivity contribution in [1.82, 2.24) is 15.1 Å². The van der Waals surface area contributed by atoms with E-state index in [0.717, 1.165) is 57.1 Å². The predicted octanol–water partition coefficient (Wildman–Crippen LogP) is 2.15. The molecule has 2 aliphatic rings. The summed E-state index contributed by atoms with van der Waals surface area (Å²) in [7, 11) is 0. The van der Waals surface area contributed by atoms with E-state index in [1.165, 1.54) is 12.8 Å². The lowest BCUT2D eigenvalue weighted by Crippen LogP contribution is -2.46. The molecular formula is C23H37N5O2. The van der Waals surface area contributed by atoms with E-state index in [-0.39, 0.29) is 17.4 Å². The van der Waals surface area contributed by atoms with Gasteiger partial charge in [-0.3, -0.25) is 19.4 Å². The van der Waals surface area contributed by atoms with Gasteiger partial charge in [-0.2, -0.15) is 0 Å². The highest BCUT2D eigenvalue weighted by Crippen LogP contribution is 2.28. The Hall–Kier alpha value is -2.12. The van der Waals surface area contributed by atoms with Crippen LogP contribution in [0.1, 0.15) is 40.0 Å². The molecule has 2 fully saturated rings. The zero-order valence-corrected chi connectivity index (χ0v) is 18.7. The van der Waals surface area contributed by atoms with Crippen LogP contribution in [0.4, 0.5) is 11.4 Å². The van der Waals surface area contributed by atoms with Crippen LogP contribution in [0.5, 0.6) is 0 Å². The maximum Gasteiger partial charge on any atom is 0.238 e. The maximum atomic E-state index is 12.7. The SMILES string of the molecule is CC(C)(C)NC(=O)CN1CCCN(CC(=O)Nc2ccccc2N2CCCC2)CC1. The third-order valence-electron chi connectivity index (χ3n) is 5.55. The molecular weight excluding hydrogens is 378 g/mol. The molecule has 2 saturated heterocycles. The summed E-state index contributed by atoms with van der Waals surface area (Å²) in [6.45, 7) is 12.2. The number of benzene rings is 1.